The van der Waals surface area contributed by atoms with Gasteiger partial charge < -0.3 is 24.4 Å². The predicted molar refractivity (Wildman–Crippen MR) is 117 cm³/mol. The van der Waals surface area contributed by atoms with E-state index in [1.807, 2.05) is 0 Å². The van der Waals surface area contributed by atoms with Crippen molar-refractivity contribution in [3.05, 3.63) is 29.8 Å². The minimum absolute atomic E-state index is 0.0605. The van der Waals surface area contributed by atoms with Gasteiger partial charge in [-0.1, -0.05) is 6.07 Å². The van der Waals surface area contributed by atoms with Crippen LogP contribution < -0.4 is 14.8 Å². The fraction of sp³-hybridized carbons (Fsp3) is 0.565. The van der Waals surface area contributed by atoms with Crippen molar-refractivity contribution in [1.29, 1.82) is 0 Å². The van der Waals surface area contributed by atoms with Crippen molar-refractivity contribution in [2.24, 2.45) is 0 Å². The quantitative estimate of drug-likeness (QED) is 0.581. The van der Waals surface area contributed by atoms with Crippen LogP contribution in [-0.2, 0) is 9.53 Å². The molecule has 2 rings (SSSR count). The third-order valence-corrected chi connectivity index (χ3v) is 4.69. The van der Waals surface area contributed by atoms with E-state index >= 15 is 0 Å². The number of hydrogen-bond acceptors (Lipinski definition) is 5. The Balaban J connectivity index is 2.03. The Bertz CT molecular complexity index is 808. The first-order valence-electron chi connectivity index (χ1n) is 10.8. The summed E-state index contributed by atoms with van der Waals surface area (Å²) in [6.45, 7) is 5.33. The normalized spacial score (nSPS) is 16.8. The number of hydrogen-bond donors (Lipinski definition) is 1. The van der Waals surface area contributed by atoms with Crippen LogP contribution in [0.15, 0.2) is 24.3 Å². The number of ether oxygens (including phenoxy) is 3. The molecule has 0 saturated carbocycles. The van der Waals surface area contributed by atoms with E-state index in [9.17, 15) is 18.4 Å². The maximum Gasteiger partial charge on any atom is 0.407 e. The fourth-order valence-electron chi connectivity index (χ4n) is 3.37. The van der Waals surface area contributed by atoms with Gasteiger partial charge >= 0.3 is 12.7 Å². The van der Waals surface area contributed by atoms with E-state index in [2.05, 4.69) is 10.1 Å². The van der Waals surface area contributed by atoms with E-state index in [4.69, 9.17) is 9.47 Å². The van der Waals surface area contributed by atoms with Crippen LogP contribution in [0.5, 0.6) is 11.5 Å². The van der Waals surface area contributed by atoms with Crippen LogP contribution in [0.4, 0.5) is 13.6 Å². The minimum atomic E-state index is -2.96. The zero-order valence-electron chi connectivity index (χ0n) is 19.0. The number of nitrogens with one attached hydrogen (secondary N) is 1. The highest BCUT2D eigenvalue weighted by molar-refractivity contribution is 5.92. The van der Waals surface area contributed by atoms with Crippen molar-refractivity contribution < 1.29 is 32.6 Å². The van der Waals surface area contributed by atoms with E-state index in [1.165, 1.54) is 12.1 Å². The minimum Gasteiger partial charge on any atom is -0.490 e. The van der Waals surface area contributed by atoms with Crippen molar-refractivity contribution in [2.45, 2.75) is 65.2 Å². The molecule has 1 heterocycles. The molecule has 1 atom stereocenters. The number of carbonyl (C=O) groups is 2. The van der Waals surface area contributed by atoms with Gasteiger partial charge in [-0.3, -0.25) is 4.79 Å². The number of rotatable bonds is 8. The number of likely N-dealkylation sites (tertiary alicyclic amines) is 1. The molecule has 1 aliphatic rings. The van der Waals surface area contributed by atoms with Crippen LogP contribution in [0, 0.1) is 0 Å². The molecule has 1 fully saturated rings. The summed E-state index contributed by atoms with van der Waals surface area (Å²) in [5.74, 6) is -0.0685. The third kappa shape index (κ3) is 8.36. The molecule has 0 aromatic heterocycles. The van der Waals surface area contributed by atoms with Crippen molar-refractivity contribution >= 4 is 18.1 Å². The first-order valence-corrected chi connectivity index (χ1v) is 10.8. The SMILES string of the molecule is CCOc1cc(/C=C/C(=O)N2CCCCC2CNC(=O)OC(C)(C)C)ccc1OC(F)F. The van der Waals surface area contributed by atoms with Gasteiger partial charge in [-0.15, -0.1) is 0 Å². The number of carbonyl (C=O) groups excluding carboxylic acids is 2. The van der Waals surface area contributed by atoms with Crippen molar-refractivity contribution in [2.75, 3.05) is 19.7 Å². The molecule has 1 aromatic rings. The lowest BCUT2D eigenvalue weighted by Gasteiger charge is -2.35. The molecule has 1 aliphatic heterocycles. The van der Waals surface area contributed by atoms with E-state index in [1.54, 1.807) is 50.8 Å². The van der Waals surface area contributed by atoms with E-state index in [-0.39, 0.29) is 30.1 Å². The molecule has 0 bridgehead atoms. The molecular formula is C23H32F2N2O5. The molecule has 2 amide bonds. The van der Waals surface area contributed by atoms with Gasteiger partial charge in [-0.2, -0.15) is 8.78 Å². The maximum atomic E-state index is 12.8. The first kappa shape index (κ1) is 25.4. The smallest absolute Gasteiger partial charge is 0.407 e. The Morgan fingerprint density at radius 2 is 2.00 bits per heavy atom. The second kappa shape index (κ2) is 11.7. The topological polar surface area (TPSA) is 77.1 Å². The highest BCUT2D eigenvalue weighted by Gasteiger charge is 2.26. The Kier molecular flexibility index (Phi) is 9.28. The Hall–Kier alpha value is -2.84. The van der Waals surface area contributed by atoms with E-state index < -0.39 is 18.3 Å². The lowest BCUT2D eigenvalue weighted by molar-refractivity contribution is -0.129. The first-order chi connectivity index (χ1) is 15.1. The molecule has 1 unspecified atom stereocenters. The molecule has 1 N–H and O–H groups in total. The van der Waals surface area contributed by atoms with E-state index in [0.717, 1.165) is 19.3 Å². The number of halogens is 2. The van der Waals surface area contributed by atoms with Crippen molar-refractivity contribution in [3.63, 3.8) is 0 Å². The second-order valence-corrected chi connectivity index (χ2v) is 8.42. The largest absolute Gasteiger partial charge is 0.490 e. The van der Waals surface area contributed by atoms with Gasteiger partial charge in [-0.25, -0.2) is 4.79 Å². The van der Waals surface area contributed by atoms with Gasteiger partial charge in [0.1, 0.15) is 5.60 Å². The van der Waals surface area contributed by atoms with Crippen LogP contribution in [0.2, 0.25) is 0 Å². The molecule has 0 spiro atoms. The average molecular weight is 455 g/mol. The molecule has 0 radical (unpaired) electrons. The molecular weight excluding hydrogens is 422 g/mol. The Labute approximate surface area is 187 Å². The molecule has 1 aromatic carbocycles. The van der Waals surface area contributed by atoms with Crippen LogP contribution in [0.1, 0.15) is 52.5 Å². The van der Waals surface area contributed by atoms with Gasteiger partial charge in [0.15, 0.2) is 11.5 Å². The number of alkyl halides is 2. The Morgan fingerprint density at radius 3 is 2.66 bits per heavy atom. The van der Waals surface area contributed by atoms with Gasteiger partial charge in [0.2, 0.25) is 5.91 Å². The highest BCUT2D eigenvalue weighted by atomic mass is 19.3. The average Bonchev–Trinajstić information content (AvgIpc) is 2.71. The zero-order chi connectivity index (χ0) is 23.7. The van der Waals surface area contributed by atoms with Crippen LogP contribution in [-0.4, -0.2) is 54.9 Å². The summed E-state index contributed by atoms with van der Waals surface area (Å²) in [6.07, 6.45) is 5.16. The molecule has 32 heavy (non-hydrogen) atoms. The van der Waals surface area contributed by atoms with Gasteiger partial charge in [0.05, 0.1) is 6.61 Å². The summed E-state index contributed by atoms with van der Waals surface area (Å²) in [7, 11) is 0. The number of piperidine rings is 1. The Morgan fingerprint density at radius 1 is 1.25 bits per heavy atom. The van der Waals surface area contributed by atoms with Crippen molar-refractivity contribution in [3.8, 4) is 11.5 Å². The summed E-state index contributed by atoms with van der Waals surface area (Å²) in [5, 5.41) is 2.74. The molecule has 178 valence electrons. The number of nitrogens with zero attached hydrogens (tertiary/aromatic N) is 1. The summed E-state index contributed by atoms with van der Waals surface area (Å²) < 4.78 is 40.2. The van der Waals surface area contributed by atoms with Gasteiger partial charge in [0, 0.05) is 25.2 Å². The van der Waals surface area contributed by atoms with E-state index in [0.29, 0.717) is 18.7 Å². The maximum absolute atomic E-state index is 12.8. The number of alkyl carbamates (subject to hydrolysis) is 1. The number of benzene rings is 1. The third-order valence-electron chi connectivity index (χ3n) is 4.69. The molecule has 0 aliphatic carbocycles. The highest BCUT2D eigenvalue weighted by Crippen LogP contribution is 2.30. The number of amides is 2. The lowest BCUT2D eigenvalue weighted by Crippen LogP contribution is -2.49. The summed E-state index contributed by atoms with van der Waals surface area (Å²) in [4.78, 5) is 26.5. The predicted octanol–water partition coefficient (Wildman–Crippen LogP) is 4.61. The zero-order valence-corrected chi connectivity index (χ0v) is 19.0. The fourth-order valence-corrected chi connectivity index (χ4v) is 3.37. The standard InChI is InChI=1S/C23H32F2N2O5/c1-5-30-19-14-16(9-11-18(19)31-21(24)25)10-12-20(28)27-13-7-6-8-17(27)15-26-22(29)32-23(2,3)4/h9-12,14,17,21H,5-8,13,15H2,1-4H3,(H,26,29)/b12-10+. The molecule has 1 saturated heterocycles. The second-order valence-electron chi connectivity index (χ2n) is 8.42. The van der Waals surface area contributed by atoms with Gasteiger partial charge in [0.25, 0.3) is 0 Å². The van der Waals surface area contributed by atoms with Crippen LogP contribution in [0.3, 0.4) is 0 Å². The molecule has 7 nitrogen and oxygen atoms in total. The van der Waals surface area contributed by atoms with Crippen LogP contribution in [0.25, 0.3) is 6.08 Å². The molecule has 9 heteroatoms. The van der Waals surface area contributed by atoms with Crippen LogP contribution >= 0.6 is 0 Å². The summed E-state index contributed by atoms with van der Waals surface area (Å²) >= 11 is 0. The monoisotopic (exact) mass is 454 g/mol. The lowest BCUT2D eigenvalue weighted by atomic mass is 10.0. The summed E-state index contributed by atoms with van der Waals surface area (Å²) in [5.41, 5.74) is 0.0226. The summed E-state index contributed by atoms with van der Waals surface area (Å²) in [6, 6.07) is 4.37. The van der Waals surface area contributed by atoms with Gasteiger partial charge in [-0.05, 0) is 70.7 Å². The van der Waals surface area contributed by atoms with Crippen molar-refractivity contribution in [1.82, 2.24) is 10.2 Å².